The van der Waals surface area contributed by atoms with E-state index < -0.39 is 9.84 Å². The molecule has 0 radical (unpaired) electrons. The number of hydrogen-bond acceptors (Lipinski definition) is 3. The molecule has 4 nitrogen and oxygen atoms in total. The molecule has 1 aromatic heterocycles. The fraction of sp³-hybridized carbons (Fsp3) is 0.467. The number of sulfone groups is 1. The molecule has 110 valence electrons. The van der Waals surface area contributed by atoms with Crippen LogP contribution in [0.15, 0.2) is 30.5 Å². The van der Waals surface area contributed by atoms with Crippen molar-refractivity contribution in [2.45, 2.75) is 26.4 Å². The van der Waals surface area contributed by atoms with E-state index in [1.54, 1.807) is 0 Å². The van der Waals surface area contributed by atoms with Gasteiger partial charge in [0.05, 0.1) is 5.75 Å². The lowest BCUT2D eigenvalue weighted by Gasteiger charge is -2.06. The van der Waals surface area contributed by atoms with Gasteiger partial charge < -0.3 is 9.88 Å². The summed E-state index contributed by atoms with van der Waals surface area (Å²) in [6.07, 6.45) is 3.97. The lowest BCUT2D eigenvalue weighted by molar-refractivity contribution is 0.593. The van der Waals surface area contributed by atoms with E-state index in [9.17, 15) is 8.42 Å². The molecule has 0 unspecified atom stereocenters. The maximum Gasteiger partial charge on any atom is 0.147 e. The van der Waals surface area contributed by atoms with Gasteiger partial charge in [-0.3, -0.25) is 0 Å². The Morgan fingerprint density at radius 1 is 1.25 bits per heavy atom. The van der Waals surface area contributed by atoms with Crippen LogP contribution in [0, 0.1) is 0 Å². The molecule has 0 bridgehead atoms. The Kier molecular flexibility index (Phi) is 4.83. The first-order chi connectivity index (χ1) is 9.49. The fourth-order valence-corrected chi connectivity index (χ4v) is 2.97. The maximum absolute atomic E-state index is 11.2. The van der Waals surface area contributed by atoms with E-state index in [0.717, 1.165) is 19.6 Å². The number of fused-ring (bicyclic) bond motifs is 1. The van der Waals surface area contributed by atoms with Crippen molar-refractivity contribution in [3.8, 4) is 0 Å². The van der Waals surface area contributed by atoms with Crippen molar-refractivity contribution < 1.29 is 8.42 Å². The predicted octanol–water partition coefficient (Wildman–Crippen LogP) is 2.19. The quantitative estimate of drug-likeness (QED) is 0.851. The van der Waals surface area contributed by atoms with Gasteiger partial charge in [0, 0.05) is 31.1 Å². The van der Waals surface area contributed by atoms with Crippen LogP contribution in [0.2, 0.25) is 0 Å². The molecule has 5 heteroatoms. The fourth-order valence-electron chi connectivity index (χ4n) is 2.32. The SMILES string of the molecule is CCNCc1ccc2c(ccn2CCCS(C)(=O)=O)c1. The molecule has 0 aliphatic rings. The second-order valence-corrected chi connectivity index (χ2v) is 7.43. The van der Waals surface area contributed by atoms with Crippen molar-refractivity contribution in [3.05, 3.63) is 36.0 Å². The number of benzene rings is 1. The summed E-state index contributed by atoms with van der Waals surface area (Å²) in [4.78, 5) is 0. The highest BCUT2D eigenvalue weighted by Gasteiger charge is 2.05. The average molecular weight is 294 g/mol. The third kappa shape index (κ3) is 4.08. The Balaban J connectivity index is 2.08. The normalized spacial score (nSPS) is 12.1. The summed E-state index contributed by atoms with van der Waals surface area (Å²) in [7, 11) is -2.87. The highest BCUT2D eigenvalue weighted by Crippen LogP contribution is 2.18. The number of aryl methyl sites for hydroxylation is 1. The zero-order chi connectivity index (χ0) is 14.6. The van der Waals surface area contributed by atoms with Gasteiger partial charge in [-0.25, -0.2) is 8.42 Å². The van der Waals surface area contributed by atoms with Crippen LogP contribution in [0.4, 0.5) is 0 Å². The summed E-state index contributed by atoms with van der Waals surface area (Å²) in [5, 5.41) is 4.52. The number of rotatable bonds is 7. The van der Waals surface area contributed by atoms with Crippen LogP contribution in [0.5, 0.6) is 0 Å². The van der Waals surface area contributed by atoms with Gasteiger partial charge in [0.2, 0.25) is 0 Å². The highest BCUT2D eigenvalue weighted by molar-refractivity contribution is 7.90. The van der Waals surface area contributed by atoms with Crippen LogP contribution < -0.4 is 5.32 Å². The van der Waals surface area contributed by atoms with Gasteiger partial charge in [0.15, 0.2) is 0 Å². The summed E-state index contributed by atoms with van der Waals surface area (Å²) in [6, 6.07) is 8.51. The summed E-state index contributed by atoms with van der Waals surface area (Å²) in [5.74, 6) is 0.241. The number of nitrogens with one attached hydrogen (secondary N) is 1. The van der Waals surface area contributed by atoms with Crippen LogP contribution in [0.1, 0.15) is 18.9 Å². The molecule has 0 saturated carbocycles. The second-order valence-electron chi connectivity index (χ2n) is 5.17. The third-order valence-corrected chi connectivity index (χ3v) is 4.36. The van der Waals surface area contributed by atoms with Crippen LogP contribution in [0.3, 0.4) is 0 Å². The minimum Gasteiger partial charge on any atom is -0.347 e. The van der Waals surface area contributed by atoms with Crippen molar-refractivity contribution in [1.82, 2.24) is 9.88 Å². The molecule has 0 amide bonds. The lowest BCUT2D eigenvalue weighted by Crippen LogP contribution is -2.11. The molecule has 0 atom stereocenters. The van der Waals surface area contributed by atoms with Gasteiger partial charge in [-0.1, -0.05) is 13.0 Å². The molecule has 0 aliphatic heterocycles. The minimum atomic E-state index is -2.87. The maximum atomic E-state index is 11.2. The summed E-state index contributed by atoms with van der Waals surface area (Å²) in [6.45, 7) is 4.68. The van der Waals surface area contributed by atoms with E-state index in [1.165, 1.54) is 22.7 Å². The van der Waals surface area contributed by atoms with Gasteiger partial charge in [-0.05, 0) is 42.1 Å². The topological polar surface area (TPSA) is 51.1 Å². The van der Waals surface area contributed by atoms with Crippen molar-refractivity contribution in [2.75, 3.05) is 18.6 Å². The van der Waals surface area contributed by atoms with E-state index in [0.29, 0.717) is 6.42 Å². The molecule has 1 aromatic carbocycles. The first kappa shape index (κ1) is 15.1. The highest BCUT2D eigenvalue weighted by atomic mass is 32.2. The third-order valence-electron chi connectivity index (χ3n) is 3.33. The second kappa shape index (κ2) is 6.41. The van der Waals surface area contributed by atoms with Crippen molar-refractivity contribution in [2.24, 2.45) is 0 Å². The van der Waals surface area contributed by atoms with E-state index in [2.05, 4.69) is 41.1 Å². The number of aromatic nitrogens is 1. The molecule has 0 fully saturated rings. The van der Waals surface area contributed by atoms with Gasteiger partial charge in [0.25, 0.3) is 0 Å². The number of nitrogens with zero attached hydrogens (tertiary/aromatic N) is 1. The minimum absolute atomic E-state index is 0.241. The molecular weight excluding hydrogens is 272 g/mol. The van der Waals surface area contributed by atoms with E-state index >= 15 is 0 Å². The zero-order valence-electron chi connectivity index (χ0n) is 12.1. The van der Waals surface area contributed by atoms with Crippen molar-refractivity contribution >= 4 is 20.7 Å². The Morgan fingerprint density at radius 2 is 2.05 bits per heavy atom. The van der Waals surface area contributed by atoms with Gasteiger partial charge >= 0.3 is 0 Å². The lowest BCUT2D eigenvalue weighted by atomic mass is 10.1. The van der Waals surface area contributed by atoms with Gasteiger partial charge in [-0.2, -0.15) is 0 Å². The molecule has 0 saturated heterocycles. The van der Waals surface area contributed by atoms with Crippen LogP contribution in [0.25, 0.3) is 10.9 Å². The van der Waals surface area contributed by atoms with Crippen molar-refractivity contribution in [1.29, 1.82) is 0 Å². The average Bonchev–Trinajstić information content (AvgIpc) is 2.77. The smallest absolute Gasteiger partial charge is 0.147 e. The monoisotopic (exact) mass is 294 g/mol. The first-order valence-corrected chi connectivity index (χ1v) is 9.02. The molecule has 0 spiro atoms. The van der Waals surface area contributed by atoms with Crippen LogP contribution in [-0.2, 0) is 22.9 Å². The van der Waals surface area contributed by atoms with Gasteiger partial charge in [0.1, 0.15) is 9.84 Å². The van der Waals surface area contributed by atoms with Crippen molar-refractivity contribution in [3.63, 3.8) is 0 Å². The van der Waals surface area contributed by atoms with Crippen LogP contribution >= 0.6 is 0 Å². The largest absolute Gasteiger partial charge is 0.347 e. The zero-order valence-corrected chi connectivity index (χ0v) is 12.9. The molecular formula is C15H22N2O2S. The van der Waals surface area contributed by atoms with Gasteiger partial charge in [-0.15, -0.1) is 0 Å². The Labute approximate surface area is 120 Å². The van der Waals surface area contributed by atoms with E-state index in [-0.39, 0.29) is 5.75 Å². The predicted molar refractivity (Wildman–Crippen MR) is 83.6 cm³/mol. The van der Waals surface area contributed by atoms with Crippen LogP contribution in [-0.4, -0.2) is 31.5 Å². The standard InChI is InChI=1S/C15H22N2O2S/c1-3-16-12-13-5-6-15-14(11-13)7-9-17(15)8-4-10-20(2,18)19/h5-7,9,11,16H,3-4,8,10,12H2,1-2H3. The Hall–Kier alpha value is -1.33. The Bertz CT molecular complexity index is 674. The molecule has 1 N–H and O–H groups in total. The molecule has 1 heterocycles. The summed E-state index contributed by atoms with van der Waals surface area (Å²) in [5.41, 5.74) is 2.44. The molecule has 20 heavy (non-hydrogen) atoms. The first-order valence-electron chi connectivity index (χ1n) is 6.96. The van der Waals surface area contributed by atoms with E-state index in [1.807, 2.05) is 6.20 Å². The molecule has 0 aliphatic carbocycles. The molecule has 2 aromatic rings. The summed E-state index contributed by atoms with van der Waals surface area (Å²) >= 11 is 0. The Morgan fingerprint density at radius 3 is 2.75 bits per heavy atom. The molecule has 2 rings (SSSR count). The number of hydrogen-bond donors (Lipinski definition) is 1. The summed E-state index contributed by atoms with van der Waals surface area (Å²) < 4.78 is 24.4. The van der Waals surface area contributed by atoms with E-state index in [4.69, 9.17) is 0 Å².